The van der Waals surface area contributed by atoms with Crippen molar-refractivity contribution in [3.63, 3.8) is 0 Å². The van der Waals surface area contributed by atoms with Crippen LogP contribution in [0.1, 0.15) is 11.1 Å². The lowest BCUT2D eigenvalue weighted by Gasteiger charge is -2.15. The molecule has 0 heterocycles. The van der Waals surface area contributed by atoms with Crippen LogP contribution in [0.3, 0.4) is 0 Å². The van der Waals surface area contributed by atoms with Crippen LogP contribution in [-0.4, -0.2) is 7.11 Å². The van der Waals surface area contributed by atoms with Crippen molar-refractivity contribution >= 4 is 11.4 Å². The van der Waals surface area contributed by atoms with Gasteiger partial charge in [-0.05, 0) is 23.8 Å². The van der Waals surface area contributed by atoms with E-state index < -0.39 is 11.7 Å². The van der Waals surface area contributed by atoms with Crippen LogP contribution in [0, 0.1) is 0 Å². The van der Waals surface area contributed by atoms with Gasteiger partial charge in [0.25, 0.3) is 0 Å². The molecule has 0 bridgehead atoms. The molecular formula is C15H15F3N2O. The third-order valence-corrected chi connectivity index (χ3v) is 3.05. The second-order valence-corrected chi connectivity index (χ2v) is 4.46. The number of halogens is 3. The number of nitrogen functional groups attached to an aromatic ring is 1. The molecule has 3 nitrogen and oxygen atoms in total. The van der Waals surface area contributed by atoms with Crippen molar-refractivity contribution in [1.29, 1.82) is 0 Å². The van der Waals surface area contributed by atoms with Crippen LogP contribution in [0.25, 0.3) is 0 Å². The molecule has 0 spiro atoms. The van der Waals surface area contributed by atoms with E-state index in [0.717, 1.165) is 6.07 Å². The summed E-state index contributed by atoms with van der Waals surface area (Å²) < 4.78 is 43.8. The molecule has 0 unspecified atom stereocenters. The Balaban J connectivity index is 2.21. The number of benzene rings is 2. The van der Waals surface area contributed by atoms with Gasteiger partial charge in [0.15, 0.2) is 0 Å². The molecule has 0 radical (unpaired) electrons. The molecule has 3 N–H and O–H groups in total. The summed E-state index contributed by atoms with van der Waals surface area (Å²) in [6, 6.07) is 10.4. The van der Waals surface area contributed by atoms with Crippen LogP contribution >= 0.6 is 0 Å². The predicted octanol–water partition coefficient (Wildman–Crippen LogP) is 3.91. The van der Waals surface area contributed by atoms with Gasteiger partial charge in [-0.15, -0.1) is 0 Å². The standard InChI is InChI=1S/C15H15F3N2O/c1-21-11-6-7-13(19)14(8-11)20-9-10-4-2-3-5-12(10)15(16,17)18/h2-8,20H,9,19H2,1H3. The van der Waals surface area contributed by atoms with Gasteiger partial charge in [-0.1, -0.05) is 18.2 Å². The molecule has 0 aliphatic carbocycles. The third kappa shape index (κ3) is 3.59. The summed E-state index contributed by atoms with van der Waals surface area (Å²) in [7, 11) is 1.51. The zero-order chi connectivity index (χ0) is 15.5. The van der Waals surface area contributed by atoms with Crippen molar-refractivity contribution in [1.82, 2.24) is 0 Å². The number of nitrogens with one attached hydrogen (secondary N) is 1. The van der Waals surface area contributed by atoms with Crippen LogP contribution in [0.5, 0.6) is 5.75 Å². The van der Waals surface area contributed by atoms with E-state index in [9.17, 15) is 13.2 Å². The lowest BCUT2D eigenvalue weighted by molar-refractivity contribution is -0.138. The maximum Gasteiger partial charge on any atom is 0.416 e. The first kappa shape index (κ1) is 15.0. The van der Waals surface area contributed by atoms with Crippen LogP contribution in [0.2, 0.25) is 0 Å². The van der Waals surface area contributed by atoms with Crippen molar-refractivity contribution in [3.05, 3.63) is 53.6 Å². The highest BCUT2D eigenvalue weighted by atomic mass is 19.4. The van der Waals surface area contributed by atoms with Gasteiger partial charge in [-0.3, -0.25) is 0 Å². The Bertz CT molecular complexity index is 627. The van der Waals surface area contributed by atoms with Crippen molar-refractivity contribution < 1.29 is 17.9 Å². The fourth-order valence-electron chi connectivity index (χ4n) is 1.96. The molecule has 112 valence electrons. The first-order chi connectivity index (χ1) is 9.91. The Labute approximate surface area is 120 Å². The number of rotatable bonds is 4. The van der Waals surface area contributed by atoms with Crippen LogP contribution in [0.4, 0.5) is 24.5 Å². The van der Waals surface area contributed by atoms with Gasteiger partial charge < -0.3 is 15.8 Å². The summed E-state index contributed by atoms with van der Waals surface area (Å²) in [5.74, 6) is 0.579. The number of hydrogen-bond acceptors (Lipinski definition) is 3. The summed E-state index contributed by atoms with van der Waals surface area (Å²) in [4.78, 5) is 0. The monoisotopic (exact) mass is 296 g/mol. The molecule has 2 rings (SSSR count). The van der Waals surface area contributed by atoms with Crippen LogP contribution in [0.15, 0.2) is 42.5 Å². The first-order valence-electron chi connectivity index (χ1n) is 6.24. The maximum atomic E-state index is 12.9. The highest BCUT2D eigenvalue weighted by Crippen LogP contribution is 2.32. The molecule has 0 aliphatic heterocycles. The number of nitrogens with two attached hydrogens (primary N) is 1. The number of methoxy groups -OCH3 is 1. The van der Waals surface area contributed by atoms with E-state index in [0.29, 0.717) is 17.1 Å². The molecule has 0 aromatic heterocycles. The highest BCUT2D eigenvalue weighted by molar-refractivity contribution is 5.68. The van der Waals surface area contributed by atoms with E-state index in [4.69, 9.17) is 10.5 Å². The largest absolute Gasteiger partial charge is 0.497 e. The van der Waals surface area contributed by atoms with E-state index in [1.165, 1.54) is 19.2 Å². The summed E-state index contributed by atoms with van der Waals surface area (Å²) >= 11 is 0. The molecule has 2 aromatic carbocycles. The van der Waals surface area contributed by atoms with Crippen LogP contribution < -0.4 is 15.8 Å². The quantitative estimate of drug-likeness (QED) is 0.841. The molecule has 6 heteroatoms. The van der Waals surface area contributed by atoms with E-state index in [2.05, 4.69) is 5.32 Å². The van der Waals surface area contributed by atoms with Crippen molar-refractivity contribution in [2.45, 2.75) is 12.7 Å². The maximum absolute atomic E-state index is 12.9. The SMILES string of the molecule is COc1ccc(N)c(NCc2ccccc2C(F)(F)F)c1. The molecule has 0 saturated carbocycles. The Hall–Kier alpha value is -2.37. The Morgan fingerprint density at radius 1 is 1.14 bits per heavy atom. The molecule has 0 fully saturated rings. The molecule has 2 aromatic rings. The van der Waals surface area contributed by atoms with E-state index in [1.807, 2.05) is 0 Å². The summed E-state index contributed by atoms with van der Waals surface area (Å²) in [6.07, 6.45) is -4.38. The van der Waals surface area contributed by atoms with E-state index >= 15 is 0 Å². The lowest BCUT2D eigenvalue weighted by Crippen LogP contribution is -2.12. The third-order valence-electron chi connectivity index (χ3n) is 3.05. The van der Waals surface area contributed by atoms with Gasteiger partial charge in [0.2, 0.25) is 0 Å². The molecule has 0 saturated heterocycles. The second kappa shape index (κ2) is 5.95. The number of hydrogen-bond donors (Lipinski definition) is 2. The van der Waals surface area contributed by atoms with Crippen LogP contribution in [-0.2, 0) is 12.7 Å². The fourth-order valence-corrected chi connectivity index (χ4v) is 1.96. The van der Waals surface area contributed by atoms with Crippen molar-refractivity contribution in [2.75, 3.05) is 18.2 Å². The van der Waals surface area contributed by atoms with Gasteiger partial charge in [0.1, 0.15) is 5.75 Å². The minimum Gasteiger partial charge on any atom is -0.497 e. The average molecular weight is 296 g/mol. The van der Waals surface area contributed by atoms with Gasteiger partial charge in [-0.2, -0.15) is 13.2 Å². The smallest absolute Gasteiger partial charge is 0.416 e. The van der Waals surface area contributed by atoms with Gasteiger partial charge in [0.05, 0.1) is 24.0 Å². The zero-order valence-corrected chi connectivity index (χ0v) is 11.4. The first-order valence-corrected chi connectivity index (χ1v) is 6.24. The molecule has 21 heavy (non-hydrogen) atoms. The summed E-state index contributed by atoms with van der Waals surface area (Å²) in [5.41, 5.74) is 6.28. The topological polar surface area (TPSA) is 47.3 Å². The zero-order valence-electron chi connectivity index (χ0n) is 11.4. The lowest BCUT2D eigenvalue weighted by atomic mass is 10.1. The average Bonchev–Trinajstić information content (AvgIpc) is 2.46. The highest BCUT2D eigenvalue weighted by Gasteiger charge is 2.32. The van der Waals surface area contributed by atoms with E-state index in [-0.39, 0.29) is 12.1 Å². The van der Waals surface area contributed by atoms with Gasteiger partial charge in [-0.25, -0.2) is 0 Å². The predicted molar refractivity (Wildman–Crippen MR) is 76.2 cm³/mol. The molecular weight excluding hydrogens is 281 g/mol. The molecule has 0 aliphatic rings. The van der Waals surface area contributed by atoms with Crippen molar-refractivity contribution in [2.24, 2.45) is 0 Å². The minimum atomic E-state index is -4.38. The Morgan fingerprint density at radius 3 is 2.52 bits per heavy atom. The second-order valence-electron chi connectivity index (χ2n) is 4.46. The summed E-state index contributed by atoms with van der Waals surface area (Å²) in [5, 5.41) is 2.91. The normalized spacial score (nSPS) is 11.2. The van der Waals surface area contributed by atoms with Crippen molar-refractivity contribution in [3.8, 4) is 5.75 Å². The number of alkyl halides is 3. The number of anilines is 2. The molecule has 0 atom stereocenters. The number of ether oxygens (including phenoxy) is 1. The van der Waals surface area contributed by atoms with E-state index in [1.54, 1.807) is 24.3 Å². The van der Waals surface area contributed by atoms with Gasteiger partial charge >= 0.3 is 6.18 Å². The summed E-state index contributed by atoms with van der Waals surface area (Å²) in [6.45, 7) is 0.0209. The fraction of sp³-hybridized carbons (Fsp3) is 0.200. The van der Waals surface area contributed by atoms with Gasteiger partial charge in [0, 0.05) is 12.6 Å². The Morgan fingerprint density at radius 2 is 1.86 bits per heavy atom. The Kier molecular flexibility index (Phi) is 4.26. The molecule has 0 amide bonds. The minimum absolute atomic E-state index is 0.0209.